The Morgan fingerprint density at radius 1 is 1.13 bits per heavy atom. The molecular formula is C23H38N4O4. The Kier molecular flexibility index (Phi) is 7.21. The van der Waals surface area contributed by atoms with Crippen LogP contribution in [0.15, 0.2) is 4.52 Å². The second-order valence-electron chi connectivity index (χ2n) is 10.7. The number of carbonyl (C=O) groups excluding carboxylic acids is 2. The number of rotatable bonds is 7. The number of Topliss-reactive ketones (excluding diaryl/α,β-unsaturated/α-hetero) is 1. The van der Waals surface area contributed by atoms with Crippen LogP contribution in [0.25, 0.3) is 0 Å². The lowest BCUT2D eigenvalue weighted by molar-refractivity contribution is -0.131. The molecule has 2 unspecified atom stereocenters. The largest absolute Gasteiger partial charge is 0.391 e. The standard InChI is InChI=1S/C23H38N4O4/c1-22(2,3)21-25-20(26-31-21)18(29)16-12-9-13-27(16)17(28)14-24-23(4,5)19(30)15-10-7-6-8-11-15/h15-16,19,24,30H,6-14H2,1-5H3. The van der Waals surface area contributed by atoms with Gasteiger partial charge >= 0.3 is 0 Å². The van der Waals surface area contributed by atoms with E-state index in [0.29, 0.717) is 18.9 Å². The van der Waals surface area contributed by atoms with Crippen LogP contribution in [0.5, 0.6) is 0 Å². The molecule has 1 saturated carbocycles. The third kappa shape index (κ3) is 5.52. The van der Waals surface area contributed by atoms with Gasteiger partial charge in [-0.3, -0.25) is 9.59 Å². The van der Waals surface area contributed by atoms with Crippen LogP contribution in [0.1, 0.15) is 96.1 Å². The van der Waals surface area contributed by atoms with Crippen molar-refractivity contribution < 1.29 is 19.2 Å². The maximum Gasteiger partial charge on any atom is 0.240 e. The molecule has 0 bridgehead atoms. The molecule has 1 aromatic heterocycles. The van der Waals surface area contributed by atoms with Crippen LogP contribution in [0.4, 0.5) is 0 Å². The zero-order chi connectivity index (χ0) is 22.8. The van der Waals surface area contributed by atoms with Crippen molar-refractivity contribution in [1.29, 1.82) is 0 Å². The van der Waals surface area contributed by atoms with Gasteiger partial charge in [-0.25, -0.2) is 0 Å². The zero-order valence-corrected chi connectivity index (χ0v) is 19.6. The molecule has 0 spiro atoms. The van der Waals surface area contributed by atoms with Gasteiger partial charge in [-0.05, 0) is 45.4 Å². The van der Waals surface area contributed by atoms with Gasteiger partial charge < -0.3 is 19.8 Å². The Bertz CT molecular complexity index is 777. The highest BCUT2D eigenvalue weighted by Crippen LogP contribution is 2.31. The summed E-state index contributed by atoms with van der Waals surface area (Å²) in [6, 6.07) is -0.564. The summed E-state index contributed by atoms with van der Waals surface area (Å²) in [5.41, 5.74) is -0.919. The van der Waals surface area contributed by atoms with E-state index in [2.05, 4.69) is 15.5 Å². The molecule has 3 rings (SSSR count). The molecule has 8 heteroatoms. The van der Waals surface area contributed by atoms with Gasteiger partial charge in [0.2, 0.25) is 23.4 Å². The first-order valence-electron chi connectivity index (χ1n) is 11.6. The Labute approximate surface area is 185 Å². The van der Waals surface area contributed by atoms with E-state index >= 15 is 0 Å². The predicted octanol–water partition coefficient (Wildman–Crippen LogP) is 2.85. The first-order valence-corrected chi connectivity index (χ1v) is 11.6. The molecule has 2 N–H and O–H groups in total. The Hall–Kier alpha value is -1.80. The molecule has 2 atom stereocenters. The number of ketones is 1. The van der Waals surface area contributed by atoms with Crippen LogP contribution < -0.4 is 5.32 Å². The van der Waals surface area contributed by atoms with E-state index in [1.54, 1.807) is 4.90 Å². The number of hydrogen-bond acceptors (Lipinski definition) is 7. The van der Waals surface area contributed by atoms with E-state index in [1.165, 1.54) is 6.42 Å². The van der Waals surface area contributed by atoms with Crippen LogP contribution in [-0.2, 0) is 10.2 Å². The Morgan fingerprint density at radius 2 is 1.81 bits per heavy atom. The van der Waals surface area contributed by atoms with Gasteiger partial charge in [-0.2, -0.15) is 4.98 Å². The van der Waals surface area contributed by atoms with Crippen molar-refractivity contribution in [3.63, 3.8) is 0 Å². The molecule has 0 radical (unpaired) electrons. The summed E-state index contributed by atoms with van der Waals surface area (Å²) in [5, 5.41) is 18.0. The van der Waals surface area contributed by atoms with Crippen LogP contribution >= 0.6 is 0 Å². The summed E-state index contributed by atoms with van der Waals surface area (Å²) in [4.78, 5) is 31.8. The molecule has 0 aromatic carbocycles. The molecule has 1 aromatic rings. The van der Waals surface area contributed by atoms with Crippen LogP contribution in [-0.4, -0.2) is 62.6 Å². The van der Waals surface area contributed by atoms with E-state index in [4.69, 9.17) is 4.52 Å². The average Bonchev–Trinajstić information content (AvgIpc) is 3.41. The molecule has 2 heterocycles. The minimum Gasteiger partial charge on any atom is -0.391 e. The minimum atomic E-state index is -0.577. The highest BCUT2D eigenvalue weighted by molar-refractivity contribution is 5.99. The topological polar surface area (TPSA) is 109 Å². The summed E-state index contributed by atoms with van der Waals surface area (Å²) < 4.78 is 5.26. The molecule has 1 aliphatic carbocycles. The fourth-order valence-electron chi connectivity index (χ4n) is 4.66. The van der Waals surface area contributed by atoms with Crippen LogP contribution in [0, 0.1) is 5.92 Å². The van der Waals surface area contributed by atoms with Crippen molar-refractivity contribution in [2.24, 2.45) is 5.92 Å². The summed E-state index contributed by atoms with van der Waals surface area (Å²) in [7, 11) is 0. The number of carbonyl (C=O) groups is 2. The maximum atomic E-state index is 13.0. The summed E-state index contributed by atoms with van der Waals surface area (Å²) in [6.07, 6.45) is 6.46. The van der Waals surface area contributed by atoms with E-state index in [-0.39, 0.29) is 35.4 Å². The number of aliphatic hydroxyl groups excluding tert-OH is 1. The lowest BCUT2D eigenvalue weighted by Crippen LogP contribution is -2.56. The van der Waals surface area contributed by atoms with Gasteiger partial charge in [-0.1, -0.05) is 45.2 Å². The van der Waals surface area contributed by atoms with Crippen LogP contribution in [0.3, 0.4) is 0 Å². The molecule has 8 nitrogen and oxygen atoms in total. The summed E-state index contributed by atoms with van der Waals surface area (Å²) in [6.45, 7) is 10.3. The summed E-state index contributed by atoms with van der Waals surface area (Å²) in [5.74, 6) is 0.302. The normalized spacial score (nSPS) is 22.0. The number of amides is 1. The van der Waals surface area contributed by atoms with Crippen molar-refractivity contribution in [1.82, 2.24) is 20.4 Å². The Morgan fingerprint density at radius 3 is 2.42 bits per heavy atom. The quantitative estimate of drug-likeness (QED) is 0.635. The van der Waals surface area contributed by atoms with Gasteiger partial charge in [0.25, 0.3) is 0 Å². The van der Waals surface area contributed by atoms with E-state index < -0.39 is 17.7 Å². The maximum absolute atomic E-state index is 13.0. The van der Waals surface area contributed by atoms with Crippen molar-refractivity contribution in [3.05, 3.63) is 11.7 Å². The van der Waals surface area contributed by atoms with E-state index in [9.17, 15) is 14.7 Å². The highest BCUT2D eigenvalue weighted by atomic mass is 16.5. The van der Waals surface area contributed by atoms with Crippen molar-refractivity contribution >= 4 is 11.7 Å². The Balaban J connectivity index is 1.60. The number of aliphatic hydroxyl groups is 1. The smallest absolute Gasteiger partial charge is 0.240 e. The van der Waals surface area contributed by atoms with Crippen LogP contribution in [0.2, 0.25) is 0 Å². The molecule has 31 heavy (non-hydrogen) atoms. The minimum absolute atomic E-state index is 0.0376. The third-order valence-corrected chi connectivity index (χ3v) is 6.69. The van der Waals surface area contributed by atoms with E-state index in [1.807, 2.05) is 34.6 Å². The van der Waals surface area contributed by atoms with Crippen molar-refractivity contribution in [2.75, 3.05) is 13.1 Å². The highest BCUT2D eigenvalue weighted by Gasteiger charge is 2.39. The molecule has 2 aliphatic rings. The number of likely N-dealkylation sites (tertiary alicyclic amines) is 1. The average molecular weight is 435 g/mol. The second-order valence-corrected chi connectivity index (χ2v) is 10.7. The molecule has 2 fully saturated rings. The SMILES string of the molecule is CC(C)(C)c1nc(C(=O)C2CCCN2C(=O)CNC(C)(C)C(O)C2CCCCC2)no1. The number of nitrogens with one attached hydrogen (secondary N) is 1. The molecule has 1 amide bonds. The van der Waals surface area contributed by atoms with Gasteiger partial charge in [0.15, 0.2) is 0 Å². The number of nitrogens with zero attached hydrogens (tertiary/aromatic N) is 3. The first kappa shape index (κ1) is 23.9. The van der Waals surface area contributed by atoms with Crippen molar-refractivity contribution in [2.45, 2.75) is 103 Å². The molecule has 174 valence electrons. The molecule has 1 aliphatic heterocycles. The third-order valence-electron chi connectivity index (χ3n) is 6.69. The zero-order valence-electron chi connectivity index (χ0n) is 19.6. The van der Waals surface area contributed by atoms with Gasteiger partial charge in [0.1, 0.15) is 0 Å². The van der Waals surface area contributed by atoms with Gasteiger partial charge in [0.05, 0.1) is 18.7 Å². The second kappa shape index (κ2) is 9.36. The monoisotopic (exact) mass is 434 g/mol. The number of hydrogen-bond donors (Lipinski definition) is 2. The molecule has 1 saturated heterocycles. The predicted molar refractivity (Wildman–Crippen MR) is 117 cm³/mol. The summed E-state index contributed by atoms with van der Waals surface area (Å²) >= 11 is 0. The van der Waals surface area contributed by atoms with Gasteiger partial charge in [-0.15, -0.1) is 0 Å². The lowest BCUT2D eigenvalue weighted by atomic mass is 9.78. The first-order chi connectivity index (χ1) is 14.5. The lowest BCUT2D eigenvalue weighted by Gasteiger charge is -2.38. The fourth-order valence-corrected chi connectivity index (χ4v) is 4.66. The van der Waals surface area contributed by atoms with Crippen molar-refractivity contribution in [3.8, 4) is 0 Å². The number of aromatic nitrogens is 2. The fraction of sp³-hybridized carbons (Fsp3) is 0.826. The van der Waals surface area contributed by atoms with Gasteiger partial charge in [0, 0.05) is 17.5 Å². The van der Waals surface area contributed by atoms with E-state index in [0.717, 1.165) is 32.1 Å². The molecular weight excluding hydrogens is 396 g/mol.